The molecule has 1 saturated heterocycles. The molecule has 0 aliphatic carbocycles. The van der Waals surface area contributed by atoms with Crippen LogP contribution >= 0.6 is 0 Å². The highest BCUT2D eigenvalue weighted by Crippen LogP contribution is 2.30. The lowest BCUT2D eigenvalue weighted by atomic mass is 9.97. The van der Waals surface area contributed by atoms with Crippen LogP contribution in [0.25, 0.3) is 11.1 Å². The predicted molar refractivity (Wildman–Crippen MR) is 101 cm³/mol. The number of hydrogen-bond acceptors (Lipinski definition) is 6. The second-order valence-electron chi connectivity index (χ2n) is 6.83. The highest BCUT2D eigenvalue weighted by Gasteiger charge is 2.27. The maximum Gasteiger partial charge on any atom is 0.311 e. The summed E-state index contributed by atoms with van der Waals surface area (Å²) in [6.07, 6.45) is 1.39. The van der Waals surface area contributed by atoms with Gasteiger partial charge >= 0.3 is 5.69 Å². The molecule has 4 rings (SSSR count). The quantitative estimate of drug-likeness (QED) is 0.480. The lowest BCUT2D eigenvalue weighted by Crippen LogP contribution is -2.40. The van der Waals surface area contributed by atoms with Crippen molar-refractivity contribution in [1.29, 1.82) is 0 Å². The lowest BCUT2D eigenvalue weighted by molar-refractivity contribution is -0.385. The molecule has 8 nitrogen and oxygen atoms in total. The van der Waals surface area contributed by atoms with Crippen LogP contribution in [0, 0.1) is 15.9 Å². The fraction of sp³-hybridized carbons (Fsp3) is 0.300. The molecule has 0 spiro atoms. The van der Waals surface area contributed by atoms with Crippen LogP contribution in [-0.2, 0) is 4.79 Å². The Balaban J connectivity index is 1.35. The Hall–Kier alpha value is -3.49. The number of hydrogen-bond donors (Lipinski definition) is 0. The van der Waals surface area contributed by atoms with Crippen LogP contribution in [0.15, 0.2) is 46.9 Å². The topological polar surface area (TPSA) is 98.7 Å². The van der Waals surface area contributed by atoms with E-state index in [-0.39, 0.29) is 23.3 Å². The van der Waals surface area contributed by atoms with E-state index in [2.05, 4.69) is 4.98 Å². The van der Waals surface area contributed by atoms with Crippen molar-refractivity contribution in [3.05, 3.63) is 64.3 Å². The molecule has 1 aromatic heterocycles. The number of nitro benzene ring substituents is 1. The van der Waals surface area contributed by atoms with Gasteiger partial charge in [-0.05, 0) is 31.0 Å². The zero-order valence-corrected chi connectivity index (χ0v) is 15.4. The molecule has 9 heteroatoms. The number of carbonyl (C=O) groups is 1. The normalized spacial score (nSPS) is 14.9. The van der Waals surface area contributed by atoms with E-state index in [0.717, 1.165) is 29.3 Å². The monoisotopic (exact) mass is 399 g/mol. The van der Waals surface area contributed by atoms with Crippen LogP contribution in [0.2, 0.25) is 0 Å². The van der Waals surface area contributed by atoms with E-state index in [1.807, 2.05) is 24.3 Å². The first kappa shape index (κ1) is 18.9. The lowest BCUT2D eigenvalue weighted by Gasteiger charge is -2.30. The molecule has 0 bridgehead atoms. The molecule has 0 saturated carbocycles. The smallest absolute Gasteiger partial charge is 0.311 e. The molecule has 0 radical (unpaired) electrons. The number of aromatic nitrogens is 1. The average Bonchev–Trinajstić information content (AvgIpc) is 3.16. The molecule has 1 fully saturated rings. The van der Waals surface area contributed by atoms with E-state index in [1.165, 1.54) is 0 Å². The molecule has 150 valence electrons. The molecule has 0 atom stereocenters. The van der Waals surface area contributed by atoms with E-state index in [9.17, 15) is 19.3 Å². The number of rotatable bonds is 5. The van der Waals surface area contributed by atoms with Gasteiger partial charge in [-0.15, -0.1) is 0 Å². The highest BCUT2D eigenvalue weighted by molar-refractivity contribution is 5.78. The summed E-state index contributed by atoms with van der Waals surface area (Å²) in [5.74, 6) is -0.442. The Morgan fingerprint density at radius 1 is 1.28 bits per heavy atom. The molecule has 29 heavy (non-hydrogen) atoms. The van der Waals surface area contributed by atoms with Gasteiger partial charge in [0.15, 0.2) is 18.1 Å². The van der Waals surface area contributed by atoms with E-state index < -0.39 is 17.3 Å². The van der Waals surface area contributed by atoms with Crippen molar-refractivity contribution in [2.75, 3.05) is 19.7 Å². The van der Waals surface area contributed by atoms with Gasteiger partial charge in [-0.3, -0.25) is 14.9 Å². The van der Waals surface area contributed by atoms with Gasteiger partial charge in [0.05, 0.1) is 4.92 Å². The summed E-state index contributed by atoms with van der Waals surface area (Å²) in [5.41, 5.74) is 1.17. The third kappa shape index (κ3) is 4.03. The summed E-state index contributed by atoms with van der Waals surface area (Å²) in [5, 5.41) is 11.0. The van der Waals surface area contributed by atoms with E-state index >= 15 is 0 Å². The third-order valence-electron chi connectivity index (χ3n) is 4.98. The molecule has 2 aromatic carbocycles. The van der Waals surface area contributed by atoms with Gasteiger partial charge in [0, 0.05) is 31.1 Å². The van der Waals surface area contributed by atoms with Crippen molar-refractivity contribution in [3.63, 3.8) is 0 Å². The first-order chi connectivity index (χ1) is 14.0. The van der Waals surface area contributed by atoms with Crippen molar-refractivity contribution in [3.8, 4) is 5.75 Å². The number of ether oxygens (including phenoxy) is 1. The minimum atomic E-state index is -0.676. The van der Waals surface area contributed by atoms with Gasteiger partial charge in [0.2, 0.25) is 5.75 Å². The zero-order valence-electron chi connectivity index (χ0n) is 15.4. The number of para-hydroxylation sites is 2. The van der Waals surface area contributed by atoms with Gasteiger partial charge in [0.25, 0.3) is 5.91 Å². The molecule has 1 amide bonds. The summed E-state index contributed by atoms with van der Waals surface area (Å²) in [6.45, 7) is 0.603. The molecule has 2 heterocycles. The number of nitrogens with zero attached hydrogens (tertiary/aromatic N) is 3. The molecular weight excluding hydrogens is 381 g/mol. The second kappa shape index (κ2) is 7.86. The SMILES string of the molecule is O=C(COc1cc(F)ccc1[N+](=O)[O-])N1CCC(c2nc3ccccc3o2)CC1. The Morgan fingerprint density at radius 2 is 2.03 bits per heavy atom. The van der Waals surface area contributed by atoms with Crippen LogP contribution in [0.4, 0.5) is 10.1 Å². The third-order valence-corrected chi connectivity index (χ3v) is 4.98. The fourth-order valence-corrected chi connectivity index (χ4v) is 3.43. The van der Waals surface area contributed by atoms with Crippen LogP contribution in [0.3, 0.4) is 0 Å². The number of oxazole rings is 1. The minimum Gasteiger partial charge on any atom is -0.477 e. The van der Waals surface area contributed by atoms with Crippen molar-refractivity contribution in [1.82, 2.24) is 9.88 Å². The summed E-state index contributed by atoms with van der Waals surface area (Å²) in [6, 6.07) is 10.5. The first-order valence-corrected chi connectivity index (χ1v) is 9.21. The Labute approximate surface area is 165 Å². The standard InChI is InChI=1S/C20H18FN3O5/c21-14-5-6-16(24(26)27)18(11-14)28-12-19(25)23-9-7-13(8-10-23)20-22-15-3-1-2-4-17(15)29-20/h1-6,11,13H,7-10,12H2. The molecular formula is C20H18FN3O5. The first-order valence-electron chi connectivity index (χ1n) is 9.21. The van der Waals surface area contributed by atoms with Crippen molar-refractivity contribution < 1.29 is 23.3 Å². The second-order valence-corrected chi connectivity index (χ2v) is 6.83. The number of likely N-dealkylation sites (tertiary alicyclic amines) is 1. The summed E-state index contributed by atoms with van der Waals surface area (Å²) < 4.78 is 24.4. The highest BCUT2D eigenvalue weighted by atomic mass is 19.1. The number of halogens is 1. The maximum atomic E-state index is 13.4. The molecule has 1 aliphatic heterocycles. The molecule has 0 unspecified atom stereocenters. The number of benzene rings is 2. The maximum absolute atomic E-state index is 13.4. The fourth-order valence-electron chi connectivity index (χ4n) is 3.43. The number of piperidine rings is 1. The Bertz CT molecular complexity index is 1030. The van der Waals surface area contributed by atoms with Crippen molar-refractivity contribution in [2.45, 2.75) is 18.8 Å². The van der Waals surface area contributed by atoms with Gasteiger partial charge in [0.1, 0.15) is 11.3 Å². The number of carbonyl (C=O) groups excluding carboxylic acids is 1. The average molecular weight is 399 g/mol. The number of fused-ring (bicyclic) bond motifs is 1. The van der Waals surface area contributed by atoms with Crippen molar-refractivity contribution in [2.24, 2.45) is 0 Å². The van der Waals surface area contributed by atoms with E-state index in [1.54, 1.807) is 4.90 Å². The zero-order chi connectivity index (χ0) is 20.4. The van der Waals surface area contributed by atoms with Crippen LogP contribution < -0.4 is 4.74 Å². The van der Waals surface area contributed by atoms with Gasteiger partial charge in [-0.1, -0.05) is 12.1 Å². The van der Waals surface area contributed by atoms with E-state index in [0.29, 0.717) is 31.8 Å². The van der Waals surface area contributed by atoms with Gasteiger partial charge in [-0.25, -0.2) is 9.37 Å². The Morgan fingerprint density at radius 3 is 2.76 bits per heavy atom. The van der Waals surface area contributed by atoms with Crippen LogP contribution in [0.1, 0.15) is 24.7 Å². The van der Waals surface area contributed by atoms with Crippen LogP contribution in [-0.4, -0.2) is 40.4 Å². The molecule has 1 aliphatic rings. The molecule has 0 N–H and O–H groups in total. The van der Waals surface area contributed by atoms with E-state index in [4.69, 9.17) is 9.15 Å². The van der Waals surface area contributed by atoms with Gasteiger partial charge < -0.3 is 14.1 Å². The van der Waals surface area contributed by atoms with Crippen molar-refractivity contribution >= 4 is 22.7 Å². The summed E-state index contributed by atoms with van der Waals surface area (Å²) >= 11 is 0. The number of nitro groups is 1. The molecule has 3 aromatic rings. The van der Waals surface area contributed by atoms with Gasteiger partial charge in [-0.2, -0.15) is 0 Å². The summed E-state index contributed by atoms with van der Waals surface area (Å²) in [7, 11) is 0. The summed E-state index contributed by atoms with van der Waals surface area (Å²) in [4.78, 5) is 28.9. The predicted octanol–water partition coefficient (Wildman–Crippen LogP) is 3.66. The Kier molecular flexibility index (Phi) is 5.11. The minimum absolute atomic E-state index is 0.122. The number of amides is 1. The largest absolute Gasteiger partial charge is 0.477 e. The van der Waals surface area contributed by atoms with Crippen LogP contribution in [0.5, 0.6) is 5.75 Å².